The molecule has 2 nitrogen and oxygen atoms in total. The fraction of sp³-hybridized carbons (Fsp3) is 0.308. The summed E-state index contributed by atoms with van der Waals surface area (Å²) < 4.78 is 3.18. The van der Waals surface area contributed by atoms with Gasteiger partial charge in [-0.15, -0.1) is 0 Å². The van der Waals surface area contributed by atoms with E-state index in [1.807, 2.05) is 23.1 Å². The van der Waals surface area contributed by atoms with E-state index in [0.717, 1.165) is 22.9 Å². The highest BCUT2D eigenvalue weighted by molar-refractivity contribution is 9.10. The molecule has 2 atom stereocenters. The van der Waals surface area contributed by atoms with Crippen molar-refractivity contribution in [1.29, 1.82) is 0 Å². The van der Waals surface area contributed by atoms with Crippen LogP contribution in [0.4, 0.5) is 0 Å². The fourth-order valence-corrected chi connectivity index (χ4v) is 2.48. The van der Waals surface area contributed by atoms with Crippen molar-refractivity contribution >= 4 is 15.9 Å². The van der Waals surface area contributed by atoms with Crippen molar-refractivity contribution in [3.63, 3.8) is 0 Å². The molecule has 1 aromatic carbocycles. The SMILES string of the molecule is Brc1ccc([C@@H]2C[C@H]2Cn2cccn2)cc1. The van der Waals surface area contributed by atoms with Gasteiger partial charge in [-0.05, 0) is 42.0 Å². The molecule has 0 saturated heterocycles. The van der Waals surface area contributed by atoms with Gasteiger partial charge in [-0.2, -0.15) is 5.10 Å². The lowest BCUT2D eigenvalue weighted by Gasteiger charge is -2.01. The van der Waals surface area contributed by atoms with Crippen LogP contribution in [0.2, 0.25) is 0 Å². The van der Waals surface area contributed by atoms with Gasteiger partial charge in [-0.3, -0.25) is 4.68 Å². The number of rotatable bonds is 3. The number of hydrogen-bond donors (Lipinski definition) is 0. The Bertz CT molecular complexity index is 461. The van der Waals surface area contributed by atoms with Crippen molar-refractivity contribution in [3.05, 3.63) is 52.8 Å². The molecule has 3 heteroatoms. The van der Waals surface area contributed by atoms with Crippen LogP contribution in [0.3, 0.4) is 0 Å². The van der Waals surface area contributed by atoms with E-state index in [1.54, 1.807) is 0 Å². The third-order valence-corrected chi connectivity index (χ3v) is 3.73. The summed E-state index contributed by atoms with van der Waals surface area (Å²) >= 11 is 3.46. The highest BCUT2D eigenvalue weighted by atomic mass is 79.9. The number of nitrogens with zero attached hydrogens (tertiary/aromatic N) is 2. The van der Waals surface area contributed by atoms with Crippen molar-refractivity contribution in [2.45, 2.75) is 18.9 Å². The number of aromatic nitrogens is 2. The van der Waals surface area contributed by atoms with Gasteiger partial charge in [0.2, 0.25) is 0 Å². The van der Waals surface area contributed by atoms with Gasteiger partial charge < -0.3 is 0 Å². The molecule has 2 aromatic rings. The molecule has 1 fully saturated rings. The Labute approximate surface area is 103 Å². The summed E-state index contributed by atoms with van der Waals surface area (Å²) in [5, 5.41) is 4.25. The predicted octanol–water partition coefficient (Wildman–Crippen LogP) is 3.45. The van der Waals surface area contributed by atoms with Crippen molar-refractivity contribution < 1.29 is 0 Å². The van der Waals surface area contributed by atoms with Crippen LogP contribution >= 0.6 is 15.9 Å². The zero-order valence-electron chi connectivity index (χ0n) is 8.88. The Morgan fingerprint density at radius 2 is 2.12 bits per heavy atom. The molecular weight excluding hydrogens is 264 g/mol. The van der Waals surface area contributed by atoms with Crippen LogP contribution < -0.4 is 0 Å². The van der Waals surface area contributed by atoms with E-state index in [4.69, 9.17) is 0 Å². The quantitative estimate of drug-likeness (QED) is 0.840. The minimum absolute atomic E-state index is 0.734. The van der Waals surface area contributed by atoms with Gasteiger partial charge in [0.15, 0.2) is 0 Å². The summed E-state index contributed by atoms with van der Waals surface area (Å²) in [7, 11) is 0. The maximum Gasteiger partial charge on any atom is 0.0489 e. The van der Waals surface area contributed by atoms with E-state index in [-0.39, 0.29) is 0 Å². The fourth-order valence-electron chi connectivity index (χ4n) is 2.22. The summed E-state index contributed by atoms with van der Waals surface area (Å²) in [5.74, 6) is 1.50. The Morgan fingerprint density at radius 1 is 1.31 bits per heavy atom. The van der Waals surface area contributed by atoms with Crippen molar-refractivity contribution in [2.75, 3.05) is 0 Å². The zero-order chi connectivity index (χ0) is 11.0. The molecule has 0 unspecified atom stereocenters. The first-order valence-electron chi connectivity index (χ1n) is 5.56. The molecule has 0 radical (unpaired) electrons. The highest BCUT2D eigenvalue weighted by Gasteiger charge is 2.38. The highest BCUT2D eigenvalue weighted by Crippen LogP contribution is 2.48. The van der Waals surface area contributed by atoms with Gasteiger partial charge in [0, 0.05) is 23.4 Å². The summed E-state index contributed by atoms with van der Waals surface area (Å²) in [6, 6.07) is 10.7. The second-order valence-electron chi connectivity index (χ2n) is 4.38. The largest absolute Gasteiger partial charge is 0.272 e. The van der Waals surface area contributed by atoms with Crippen LogP contribution in [0, 0.1) is 5.92 Å². The van der Waals surface area contributed by atoms with Gasteiger partial charge in [0.1, 0.15) is 0 Å². The standard InChI is InChI=1S/C13H13BrN2/c14-12-4-2-10(3-5-12)13-8-11(13)9-16-7-1-6-15-16/h1-7,11,13H,8-9H2/t11-,13-/m0/s1. The van der Waals surface area contributed by atoms with Gasteiger partial charge in [-0.1, -0.05) is 28.1 Å². The van der Waals surface area contributed by atoms with Crippen LogP contribution in [0.25, 0.3) is 0 Å². The first kappa shape index (κ1) is 10.1. The average molecular weight is 277 g/mol. The molecule has 0 N–H and O–H groups in total. The van der Waals surface area contributed by atoms with Gasteiger partial charge >= 0.3 is 0 Å². The van der Waals surface area contributed by atoms with E-state index in [1.165, 1.54) is 12.0 Å². The number of hydrogen-bond acceptors (Lipinski definition) is 1. The number of benzene rings is 1. The minimum Gasteiger partial charge on any atom is -0.272 e. The van der Waals surface area contributed by atoms with Gasteiger partial charge in [-0.25, -0.2) is 0 Å². The van der Waals surface area contributed by atoms with E-state index in [0.29, 0.717) is 0 Å². The monoisotopic (exact) mass is 276 g/mol. The normalized spacial score (nSPS) is 23.3. The van der Waals surface area contributed by atoms with E-state index in [9.17, 15) is 0 Å². The van der Waals surface area contributed by atoms with Gasteiger partial charge in [0.25, 0.3) is 0 Å². The van der Waals surface area contributed by atoms with Crippen LogP contribution in [0.5, 0.6) is 0 Å². The Kier molecular flexibility index (Phi) is 2.56. The lowest BCUT2D eigenvalue weighted by atomic mass is 10.1. The molecule has 82 valence electrons. The van der Waals surface area contributed by atoms with Gasteiger partial charge in [0.05, 0.1) is 0 Å². The Morgan fingerprint density at radius 3 is 2.81 bits per heavy atom. The van der Waals surface area contributed by atoms with E-state index in [2.05, 4.69) is 45.3 Å². The molecule has 16 heavy (non-hydrogen) atoms. The predicted molar refractivity (Wildman–Crippen MR) is 67.2 cm³/mol. The van der Waals surface area contributed by atoms with Crippen molar-refractivity contribution in [3.8, 4) is 0 Å². The van der Waals surface area contributed by atoms with E-state index < -0.39 is 0 Å². The van der Waals surface area contributed by atoms with Crippen molar-refractivity contribution in [2.24, 2.45) is 5.92 Å². The maximum atomic E-state index is 4.25. The van der Waals surface area contributed by atoms with Crippen molar-refractivity contribution in [1.82, 2.24) is 9.78 Å². The molecule has 0 aliphatic heterocycles. The topological polar surface area (TPSA) is 17.8 Å². The molecule has 1 aromatic heterocycles. The van der Waals surface area contributed by atoms with E-state index >= 15 is 0 Å². The first-order valence-corrected chi connectivity index (χ1v) is 6.35. The van der Waals surface area contributed by atoms with Crippen LogP contribution in [0.15, 0.2) is 47.2 Å². The molecule has 3 rings (SSSR count). The minimum atomic E-state index is 0.734. The van der Waals surface area contributed by atoms with Crippen LogP contribution in [-0.2, 0) is 6.54 Å². The molecule has 0 bridgehead atoms. The third kappa shape index (κ3) is 2.05. The second kappa shape index (κ2) is 4.06. The molecule has 1 saturated carbocycles. The summed E-state index contributed by atoms with van der Waals surface area (Å²) in [4.78, 5) is 0. The molecule has 1 aliphatic carbocycles. The molecule has 1 heterocycles. The summed E-state index contributed by atoms with van der Waals surface area (Å²) in [6.45, 7) is 1.05. The Hall–Kier alpha value is -1.09. The Balaban J connectivity index is 1.65. The zero-order valence-corrected chi connectivity index (χ0v) is 10.5. The smallest absolute Gasteiger partial charge is 0.0489 e. The number of halogens is 1. The third-order valence-electron chi connectivity index (χ3n) is 3.20. The molecule has 0 amide bonds. The summed E-state index contributed by atoms with van der Waals surface area (Å²) in [5.41, 5.74) is 1.46. The maximum absolute atomic E-state index is 4.25. The van der Waals surface area contributed by atoms with Crippen LogP contribution in [0.1, 0.15) is 17.9 Å². The second-order valence-corrected chi connectivity index (χ2v) is 5.30. The molecule has 1 aliphatic rings. The first-order chi connectivity index (χ1) is 7.83. The molecular formula is C13H13BrN2. The lowest BCUT2D eigenvalue weighted by molar-refractivity contribution is 0.553. The lowest BCUT2D eigenvalue weighted by Crippen LogP contribution is -2.00. The molecule has 0 spiro atoms. The van der Waals surface area contributed by atoms with Crippen LogP contribution in [-0.4, -0.2) is 9.78 Å². The summed E-state index contributed by atoms with van der Waals surface area (Å²) in [6.07, 6.45) is 5.18. The average Bonchev–Trinajstić information content (AvgIpc) is 2.85.